The Morgan fingerprint density at radius 3 is 1.80 bits per heavy atom. The van der Waals surface area contributed by atoms with Crippen molar-refractivity contribution in [1.29, 1.82) is 0 Å². The number of rotatable bonds is 4. The maximum Gasteiger partial charge on any atom is 0.156 e. The van der Waals surface area contributed by atoms with Crippen molar-refractivity contribution in [2.24, 2.45) is 9.98 Å². The summed E-state index contributed by atoms with van der Waals surface area (Å²) in [5.41, 5.74) is 11.0. The molecule has 0 amide bonds. The number of hydrogen-bond donors (Lipinski definition) is 0. The monoisotopic (exact) mass is 591 g/mol. The van der Waals surface area contributed by atoms with E-state index >= 15 is 0 Å². The van der Waals surface area contributed by atoms with Gasteiger partial charge in [0.05, 0.1) is 16.9 Å². The molecular formula is C42H29N3O. The SMILES string of the molecule is c1ccc(C2=NC(c3ccccc3)=NC(n3c4c(c5cccc(-c6ccccc6)c53)-c3ccccc3Oc3ccccc3-4)C2)cc1. The third kappa shape index (κ3) is 4.30. The van der Waals surface area contributed by atoms with Crippen molar-refractivity contribution in [3.8, 4) is 45.0 Å². The zero-order valence-corrected chi connectivity index (χ0v) is 25.0. The lowest BCUT2D eigenvalue weighted by molar-refractivity contribution is 0.487. The second kappa shape index (κ2) is 10.9. The van der Waals surface area contributed by atoms with Crippen LogP contribution in [0.4, 0.5) is 0 Å². The molecule has 3 heterocycles. The van der Waals surface area contributed by atoms with Gasteiger partial charge in [-0.05, 0) is 29.3 Å². The lowest BCUT2D eigenvalue weighted by Gasteiger charge is -2.26. The van der Waals surface area contributed by atoms with Gasteiger partial charge in [0.25, 0.3) is 0 Å². The zero-order valence-electron chi connectivity index (χ0n) is 25.0. The molecule has 2 aliphatic heterocycles. The number of aromatic nitrogens is 1. The van der Waals surface area contributed by atoms with Gasteiger partial charge >= 0.3 is 0 Å². The van der Waals surface area contributed by atoms with E-state index in [1.54, 1.807) is 0 Å². The van der Waals surface area contributed by atoms with Gasteiger partial charge in [-0.1, -0.05) is 140 Å². The molecule has 6 aromatic carbocycles. The van der Waals surface area contributed by atoms with E-state index in [1.165, 1.54) is 16.5 Å². The molecule has 1 unspecified atom stereocenters. The van der Waals surface area contributed by atoms with Crippen molar-refractivity contribution in [3.63, 3.8) is 0 Å². The van der Waals surface area contributed by atoms with Crippen LogP contribution in [0.2, 0.25) is 0 Å². The first-order valence-corrected chi connectivity index (χ1v) is 15.7. The van der Waals surface area contributed by atoms with Gasteiger partial charge < -0.3 is 9.30 Å². The smallest absolute Gasteiger partial charge is 0.156 e. The van der Waals surface area contributed by atoms with Crippen LogP contribution in [0.15, 0.2) is 168 Å². The van der Waals surface area contributed by atoms with Crippen molar-refractivity contribution < 1.29 is 4.74 Å². The van der Waals surface area contributed by atoms with Gasteiger partial charge in [-0.15, -0.1) is 0 Å². The number of hydrogen-bond acceptors (Lipinski definition) is 3. The molecule has 0 saturated heterocycles. The Labute approximate surface area is 267 Å². The van der Waals surface area contributed by atoms with E-state index in [-0.39, 0.29) is 6.17 Å². The lowest BCUT2D eigenvalue weighted by Crippen LogP contribution is -2.22. The van der Waals surface area contributed by atoms with E-state index in [2.05, 4.69) is 132 Å². The Morgan fingerprint density at radius 1 is 0.522 bits per heavy atom. The predicted molar refractivity (Wildman–Crippen MR) is 188 cm³/mol. The second-order valence-corrected chi connectivity index (χ2v) is 11.7. The summed E-state index contributed by atoms with van der Waals surface area (Å²) in [4.78, 5) is 10.7. The topological polar surface area (TPSA) is 38.9 Å². The number of benzene rings is 6. The van der Waals surface area contributed by atoms with E-state index < -0.39 is 0 Å². The van der Waals surface area contributed by atoms with Gasteiger partial charge in [0.15, 0.2) is 5.84 Å². The number of ether oxygens (including phenoxy) is 1. The van der Waals surface area contributed by atoms with Gasteiger partial charge in [0, 0.05) is 39.6 Å². The Balaban J connectivity index is 1.41. The first-order chi connectivity index (χ1) is 22.8. The van der Waals surface area contributed by atoms with Crippen LogP contribution in [-0.4, -0.2) is 16.1 Å². The third-order valence-corrected chi connectivity index (χ3v) is 8.95. The van der Waals surface area contributed by atoms with Crippen molar-refractivity contribution in [2.75, 3.05) is 0 Å². The van der Waals surface area contributed by atoms with Gasteiger partial charge in [-0.2, -0.15) is 0 Å². The average molecular weight is 592 g/mol. The highest BCUT2D eigenvalue weighted by molar-refractivity contribution is 6.15. The van der Waals surface area contributed by atoms with Crippen LogP contribution in [0.3, 0.4) is 0 Å². The molecule has 1 aromatic heterocycles. The van der Waals surface area contributed by atoms with Crippen molar-refractivity contribution in [3.05, 3.63) is 169 Å². The average Bonchev–Trinajstić information content (AvgIpc) is 3.40. The Morgan fingerprint density at radius 2 is 1.09 bits per heavy atom. The molecule has 4 heteroatoms. The minimum Gasteiger partial charge on any atom is -0.456 e. The van der Waals surface area contributed by atoms with Gasteiger partial charge in [-0.3, -0.25) is 0 Å². The first kappa shape index (κ1) is 26.4. The molecule has 0 radical (unpaired) electrons. The number of aliphatic imine (C=N–C) groups is 2. The maximum atomic E-state index is 6.66. The summed E-state index contributed by atoms with van der Waals surface area (Å²) in [6.07, 6.45) is 0.377. The fourth-order valence-electron chi connectivity index (χ4n) is 6.93. The van der Waals surface area contributed by atoms with Crippen molar-refractivity contribution >= 4 is 22.5 Å². The van der Waals surface area contributed by atoms with Crippen molar-refractivity contribution in [1.82, 2.24) is 4.57 Å². The Kier molecular flexibility index (Phi) is 6.24. The first-order valence-electron chi connectivity index (χ1n) is 15.7. The molecule has 9 rings (SSSR count). The molecule has 4 nitrogen and oxygen atoms in total. The number of amidine groups is 1. The highest BCUT2D eigenvalue weighted by atomic mass is 16.5. The molecule has 1 atom stereocenters. The summed E-state index contributed by atoms with van der Waals surface area (Å²) in [5, 5.41) is 1.17. The highest BCUT2D eigenvalue weighted by Crippen LogP contribution is 2.53. The minimum absolute atomic E-state index is 0.266. The molecule has 0 aliphatic carbocycles. The van der Waals surface area contributed by atoms with Crippen LogP contribution in [-0.2, 0) is 0 Å². The fourth-order valence-corrected chi connectivity index (χ4v) is 6.93. The second-order valence-electron chi connectivity index (χ2n) is 11.7. The summed E-state index contributed by atoms with van der Waals surface area (Å²) in [5.74, 6) is 2.42. The van der Waals surface area contributed by atoms with Crippen LogP contribution in [0.1, 0.15) is 23.7 Å². The summed E-state index contributed by atoms with van der Waals surface area (Å²) in [7, 11) is 0. The Hall–Kier alpha value is -6.00. The molecule has 0 bridgehead atoms. The molecule has 0 fully saturated rings. The van der Waals surface area contributed by atoms with Gasteiger partial charge in [-0.25, -0.2) is 9.98 Å². The molecular weight excluding hydrogens is 562 g/mol. The van der Waals surface area contributed by atoms with Crippen LogP contribution in [0, 0.1) is 0 Å². The van der Waals surface area contributed by atoms with Crippen LogP contribution >= 0.6 is 0 Å². The summed E-state index contributed by atoms with van der Waals surface area (Å²) in [6.45, 7) is 0. The molecule has 2 aliphatic rings. The fraction of sp³-hybridized carbons (Fsp3) is 0.0476. The summed E-state index contributed by atoms with van der Waals surface area (Å²) >= 11 is 0. The Bertz CT molecular complexity index is 2300. The van der Waals surface area contributed by atoms with Crippen molar-refractivity contribution in [2.45, 2.75) is 12.6 Å². The van der Waals surface area contributed by atoms with E-state index in [1.807, 2.05) is 30.3 Å². The molecule has 7 aromatic rings. The number of para-hydroxylation sites is 3. The van der Waals surface area contributed by atoms with E-state index in [4.69, 9.17) is 14.7 Å². The standard InChI is InChI=1S/C42H29N3O/c1-4-15-28(16-5-1)31-23-14-24-34-39-32-21-10-12-25-36(32)46-37-26-13-11-22-33(37)41(39)45(40(31)34)38-27-35(29-17-6-2-7-18-29)43-42(44-38)30-19-8-3-9-20-30/h1-26,38H,27H2. The predicted octanol–water partition coefficient (Wildman–Crippen LogP) is 10.6. The lowest BCUT2D eigenvalue weighted by atomic mass is 9.96. The van der Waals surface area contributed by atoms with Crippen LogP contribution in [0.5, 0.6) is 11.5 Å². The van der Waals surface area contributed by atoms with E-state index in [0.29, 0.717) is 6.42 Å². The summed E-state index contributed by atoms with van der Waals surface area (Å²) < 4.78 is 9.13. The van der Waals surface area contributed by atoms with E-state index in [9.17, 15) is 0 Å². The molecule has 46 heavy (non-hydrogen) atoms. The molecule has 218 valence electrons. The zero-order chi connectivity index (χ0) is 30.5. The molecule has 0 N–H and O–H groups in total. The minimum atomic E-state index is -0.266. The number of nitrogens with zero attached hydrogens (tertiary/aromatic N) is 3. The summed E-state index contributed by atoms with van der Waals surface area (Å²) in [6, 6.07) is 54.9. The van der Waals surface area contributed by atoms with E-state index in [0.717, 1.165) is 62.1 Å². The van der Waals surface area contributed by atoms with Gasteiger partial charge in [0.2, 0.25) is 0 Å². The third-order valence-electron chi connectivity index (χ3n) is 8.95. The number of fused-ring (bicyclic) bond motifs is 7. The van der Waals surface area contributed by atoms with Gasteiger partial charge in [0.1, 0.15) is 17.7 Å². The quantitative estimate of drug-likeness (QED) is 0.201. The molecule has 0 saturated carbocycles. The molecule has 0 spiro atoms. The highest BCUT2D eigenvalue weighted by Gasteiger charge is 2.33. The van der Waals surface area contributed by atoms with Crippen LogP contribution < -0.4 is 4.74 Å². The normalized spacial score (nSPS) is 15.1. The maximum absolute atomic E-state index is 6.66. The largest absolute Gasteiger partial charge is 0.456 e. The van der Waals surface area contributed by atoms with Crippen LogP contribution in [0.25, 0.3) is 44.4 Å².